The predicted octanol–water partition coefficient (Wildman–Crippen LogP) is 4.15. The van der Waals surface area contributed by atoms with Gasteiger partial charge in [0.1, 0.15) is 5.75 Å². The van der Waals surface area contributed by atoms with E-state index in [0.29, 0.717) is 12.2 Å². The van der Waals surface area contributed by atoms with Gasteiger partial charge in [0, 0.05) is 39.2 Å². The lowest BCUT2D eigenvalue weighted by molar-refractivity contribution is -0.114. The van der Waals surface area contributed by atoms with Gasteiger partial charge in [-0.25, -0.2) is 0 Å². The number of carbonyl (C=O) groups is 1. The third-order valence-electron chi connectivity index (χ3n) is 4.58. The SMILES string of the molecule is CC(=O)Nc1ccc(O)cc1N(CCNCc1ccccc1)Cc1ccccc1. The van der Waals surface area contributed by atoms with Crippen molar-refractivity contribution in [1.82, 2.24) is 5.32 Å². The number of nitrogens with one attached hydrogen (secondary N) is 2. The largest absolute Gasteiger partial charge is 0.508 e. The van der Waals surface area contributed by atoms with Gasteiger partial charge in [-0.2, -0.15) is 0 Å². The zero-order chi connectivity index (χ0) is 20.5. The number of phenols is 1. The van der Waals surface area contributed by atoms with Gasteiger partial charge in [0.25, 0.3) is 0 Å². The minimum absolute atomic E-state index is 0.140. The number of phenolic OH excluding ortho intramolecular Hbond substituents is 1. The molecule has 3 rings (SSSR count). The molecule has 29 heavy (non-hydrogen) atoms. The normalized spacial score (nSPS) is 10.5. The van der Waals surface area contributed by atoms with Crippen LogP contribution in [0, 0.1) is 0 Å². The number of rotatable bonds is 9. The highest BCUT2D eigenvalue weighted by Crippen LogP contribution is 2.31. The number of hydrogen-bond donors (Lipinski definition) is 3. The van der Waals surface area contributed by atoms with Crippen molar-refractivity contribution >= 4 is 17.3 Å². The van der Waals surface area contributed by atoms with E-state index in [1.54, 1.807) is 18.2 Å². The van der Waals surface area contributed by atoms with Crippen LogP contribution in [0.4, 0.5) is 11.4 Å². The topological polar surface area (TPSA) is 64.6 Å². The van der Waals surface area contributed by atoms with Crippen LogP contribution in [0.15, 0.2) is 78.9 Å². The van der Waals surface area contributed by atoms with E-state index in [-0.39, 0.29) is 11.7 Å². The van der Waals surface area contributed by atoms with E-state index in [1.165, 1.54) is 12.5 Å². The molecular formula is C24H27N3O2. The summed E-state index contributed by atoms with van der Waals surface area (Å²) in [6, 6.07) is 25.5. The highest BCUT2D eigenvalue weighted by molar-refractivity contribution is 5.93. The smallest absolute Gasteiger partial charge is 0.221 e. The first-order chi connectivity index (χ1) is 14.1. The van der Waals surface area contributed by atoms with Crippen molar-refractivity contribution in [3.05, 3.63) is 90.0 Å². The van der Waals surface area contributed by atoms with Crippen molar-refractivity contribution in [3.63, 3.8) is 0 Å². The Morgan fingerprint density at radius 3 is 2.24 bits per heavy atom. The lowest BCUT2D eigenvalue weighted by Crippen LogP contribution is -2.32. The Morgan fingerprint density at radius 1 is 0.931 bits per heavy atom. The molecule has 0 aliphatic rings. The monoisotopic (exact) mass is 389 g/mol. The molecule has 3 aromatic carbocycles. The fourth-order valence-corrected chi connectivity index (χ4v) is 3.21. The minimum Gasteiger partial charge on any atom is -0.508 e. The molecule has 5 heteroatoms. The maximum atomic E-state index is 11.6. The second kappa shape index (κ2) is 10.3. The molecule has 0 aliphatic heterocycles. The summed E-state index contributed by atoms with van der Waals surface area (Å²) in [6.07, 6.45) is 0. The Morgan fingerprint density at radius 2 is 1.59 bits per heavy atom. The second-order valence-corrected chi connectivity index (χ2v) is 6.95. The summed E-state index contributed by atoms with van der Waals surface area (Å²) < 4.78 is 0. The van der Waals surface area contributed by atoms with Gasteiger partial charge in [0.2, 0.25) is 5.91 Å². The van der Waals surface area contributed by atoms with Crippen molar-refractivity contribution in [2.75, 3.05) is 23.3 Å². The number of nitrogens with zero attached hydrogens (tertiary/aromatic N) is 1. The molecule has 0 fully saturated rings. The van der Waals surface area contributed by atoms with Crippen LogP contribution in [0.5, 0.6) is 5.75 Å². The van der Waals surface area contributed by atoms with Crippen molar-refractivity contribution in [2.24, 2.45) is 0 Å². The fourth-order valence-electron chi connectivity index (χ4n) is 3.21. The van der Waals surface area contributed by atoms with Crippen molar-refractivity contribution < 1.29 is 9.90 Å². The average molecular weight is 389 g/mol. The highest BCUT2D eigenvalue weighted by atomic mass is 16.3. The Hall–Kier alpha value is -3.31. The van der Waals surface area contributed by atoms with E-state index < -0.39 is 0 Å². The molecular weight excluding hydrogens is 362 g/mol. The molecule has 1 amide bonds. The first kappa shape index (κ1) is 20.4. The summed E-state index contributed by atoms with van der Waals surface area (Å²) in [5.74, 6) is 0.0308. The second-order valence-electron chi connectivity index (χ2n) is 6.95. The molecule has 0 saturated carbocycles. The number of hydrogen-bond acceptors (Lipinski definition) is 4. The van der Waals surface area contributed by atoms with E-state index in [9.17, 15) is 9.90 Å². The van der Waals surface area contributed by atoms with Gasteiger partial charge in [0.15, 0.2) is 0 Å². The van der Waals surface area contributed by atoms with E-state index in [2.05, 4.69) is 39.8 Å². The molecule has 0 bridgehead atoms. The first-order valence-corrected chi connectivity index (χ1v) is 9.76. The summed E-state index contributed by atoms with van der Waals surface area (Å²) in [7, 11) is 0. The summed E-state index contributed by atoms with van der Waals surface area (Å²) >= 11 is 0. The first-order valence-electron chi connectivity index (χ1n) is 9.76. The third-order valence-corrected chi connectivity index (χ3v) is 4.58. The maximum Gasteiger partial charge on any atom is 0.221 e. The molecule has 0 aromatic heterocycles. The van der Waals surface area contributed by atoms with Gasteiger partial charge in [-0.05, 0) is 23.3 Å². The summed E-state index contributed by atoms with van der Waals surface area (Å²) in [5.41, 5.74) is 3.88. The average Bonchev–Trinajstić information content (AvgIpc) is 2.73. The van der Waals surface area contributed by atoms with Gasteiger partial charge < -0.3 is 20.6 Å². The molecule has 3 aromatic rings. The van der Waals surface area contributed by atoms with Gasteiger partial charge in [0.05, 0.1) is 11.4 Å². The van der Waals surface area contributed by atoms with Crippen molar-refractivity contribution in [1.29, 1.82) is 0 Å². The Labute approximate surface area is 172 Å². The molecule has 3 N–H and O–H groups in total. The minimum atomic E-state index is -0.140. The van der Waals surface area contributed by atoms with Gasteiger partial charge in [-0.1, -0.05) is 60.7 Å². The maximum absolute atomic E-state index is 11.6. The standard InChI is InChI=1S/C24H27N3O2/c1-19(28)26-23-13-12-22(29)16-24(23)27(18-21-10-6-3-7-11-21)15-14-25-17-20-8-4-2-5-9-20/h2-13,16,25,29H,14-15,17-18H2,1H3,(H,26,28). The van der Waals surface area contributed by atoms with E-state index in [0.717, 1.165) is 30.9 Å². The lowest BCUT2D eigenvalue weighted by atomic mass is 10.1. The highest BCUT2D eigenvalue weighted by Gasteiger charge is 2.14. The number of anilines is 2. The Kier molecular flexibility index (Phi) is 7.25. The number of benzene rings is 3. The van der Waals surface area contributed by atoms with Crippen LogP contribution in [0.2, 0.25) is 0 Å². The van der Waals surface area contributed by atoms with Crippen LogP contribution in [0.25, 0.3) is 0 Å². The summed E-state index contributed by atoms with van der Waals surface area (Å²) in [5, 5.41) is 16.4. The molecule has 0 atom stereocenters. The fraction of sp³-hybridized carbons (Fsp3) is 0.208. The van der Waals surface area contributed by atoms with Gasteiger partial charge >= 0.3 is 0 Å². The van der Waals surface area contributed by atoms with Crippen LogP contribution in [0.3, 0.4) is 0 Å². The Balaban J connectivity index is 1.76. The van der Waals surface area contributed by atoms with Crippen LogP contribution in [0.1, 0.15) is 18.1 Å². The van der Waals surface area contributed by atoms with Gasteiger partial charge in [-0.3, -0.25) is 4.79 Å². The zero-order valence-electron chi connectivity index (χ0n) is 16.6. The van der Waals surface area contributed by atoms with Crippen molar-refractivity contribution in [2.45, 2.75) is 20.0 Å². The van der Waals surface area contributed by atoms with Crippen LogP contribution >= 0.6 is 0 Å². The van der Waals surface area contributed by atoms with Crippen molar-refractivity contribution in [3.8, 4) is 5.75 Å². The Bertz CT molecular complexity index is 914. The molecule has 5 nitrogen and oxygen atoms in total. The van der Waals surface area contributed by atoms with Crippen LogP contribution in [-0.4, -0.2) is 24.1 Å². The molecule has 0 unspecified atom stereocenters. The van der Waals surface area contributed by atoms with E-state index in [4.69, 9.17) is 0 Å². The lowest BCUT2D eigenvalue weighted by Gasteiger charge is -2.28. The summed E-state index contributed by atoms with van der Waals surface area (Å²) in [6.45, 7) is 4.43. The number of amides is 1. The molecule has 150 valence electrons. The number of aromatic hydroxyl groups is 1. The molecule has 0 aliphatic carbocycles. The van der Waals surface area contributed by atoms with Crippen LogP contribution in [-0.2, 0) is 17.9 Å². The quantitative estimate of drug-likeness (QED) is 0.380. The molecule has 0 heterocycles. The van der Waals surface area contributed by atoms with Crippen LogP contribution < -0.4 is 15.5 Å². The van der Waals surface area contributed by atoms with E-state index in [1.807, 2.05) is 36.4 Å². The zero-order valence-corrected chi connectivity index (χ0v) is 16.6. The molecule has 0 radical (unpaired) electrons. The molecule has 0 saturated heterocycles. The van der Waals surface area contributed by atoms with E-state index >= 15 is 0 Å². The number of carbonyl (C=O) groups excluding carboxylic acids is 1. The summed E-state index contributed by atoms with van der Waals surface area (Å²) in [4.78, 5) is 13.8. The molecule has 0 spiro atoms. The predicted molar refractivity (Wildman–Crippen MR) is 118 cm³/mol. The third kappa shape index (κ3) is 6.36. The van der Waals surface area contributed by atoms with Gasteiger partial charge in [-0.15, -0.1) is 0 Å².